The molecule has 1 N–H and O–H groups in total. The van der Waals surface area contributed by atoms with Gasteiger partial charge in [0.15, 0.2) is 0 Å². The summed E-state index contributed by atoms with van der Waals surface area (Å²) in [7, 11) is 0. The van der Waals surface area contributed by atoms with Crippen molar-refractivity contribution in [2.45, 2.75) is 130 Å². The van der Waals surface area contributed by atoms with Gasteiger partial charge in [0.2, 0.25) is 11.4 Å². The van der Waals surface area contributed by atoms with Gasteiger partial charge in [-0.1, -0.05) is 346 Å². The number of nitrogens with zero attached hydrogens (tertiary/aromatic N) is 2. The Morgan fingerprint density at radius 1 is 0.380 bits per heavy atom. The maximum atomic E-state index is 12.5. The van der Waals surface area contributed by atoms with Crippen LogP contribution in [0.3, 0.4) is 0 Å². The second-order valence-corrected chi connectivity index (χ2v) is 30.7. The van der Waals surface area contributed by atoms with Gasteiger partial charge in [-0.15, -0.1) is 11.8 Å². The van der Waals surface area contributed by atoms with Crippen LogP contribution in [-0.2, 0) is 106 Å². The molecule has 11 aromatic carbocycles. The van der Waals surface area contributed by atoms with Crippen LogP contribution in [-0.4, -0.2) is 20.4 Å². The fourth-order valence-corrected chi connectivity index (χ4v) is 14.4. The molecule has 3 aliphatic rings. The van der Waals surface area contributed by atoms with Crippen molar-refractivity contribution in [3.8, 4) is 0 Å². The highest BCUT2D eigenvalue weighted by molar-refractivity contribution is 7.99. The van der Waals surface area contributed by atoms with Crippen molar-refractivity contribution >= 4 is 141 Å². The molecule has 1 atom stereocenters. The molecule has 520 valence electrons. The van der Waals surface area contributed by atoms with Gasteiger partial charge in [0.1, 0.15) is 0 Å². The third kappa shape index (κ3) is 27.5. The van der Waals surface area contributed by atoms with E-state index >= 15 is 0 Å². The molecular weight excluding hydrogens is 1390 g/mol. The lowest BCUT2D eigenvalue weighted by Gasteiger charge is -2.46. The molecule has 0 saturated carbocycles. The highest BCUT2D eigenvalue weighted by Gasteiger charge is 2.49. The van der Waals surface area contributed by atoms with E-state index in [0.717, 1.165) is 90.5 Å². The van der Waals surface area contributed by atoms with Crippen LogP contribution >= 0.6 is 11.8 Å². The van der Waals surface area contributed by atoms with Crippen molar-refractivity contribution in [1.82, 2.24) is 4.73 Å². The third-order valence-electron chi connectivity index (χ3n) is 15.3. The van der Waals surface area contributed by atoms with Gasteiger partial charge in [0.25, 0.3) is 0 Å². The van der Waals surface area contributed by atoms with E-state index in [2.05, 4.69) is 110 Å². The number of aromatic nitrogens is 1. The van der Waals surface area contributed by atoms with E-state index in [9.17, 15) is 10.4 Å². The highest BCUT2D eigenvalue weighted by Crippen LogP contribution is 2.60. The molecule has 4 nitrogen and oxygen atoms in total. The standard InChI is InChI=1S/C22H25NOS.C16H19NO.8C6H6S.CH4/c1-21(2)14-22(3,4)20(25-15-10-6-5-7-11-15)18-16-12-8-9-13-17(16)23(24)19(18)21;1-15(2)9-12-11-7-5-6-8-13(11)17(18)14(12)16(3,4)10-15;8*7-6-4-2-1-3-5-6;/h5-13,20,24H,14H2,1-4H3;5-9H,10H2,1-4H3;8*1-5,7H;1H4/p-8/t20-;;;;;;;;;;/m1........../s1. The quantitative estimate of drug-likeness (QED) is 0.0780. The van der Waals surface area contributed by atoms with Crippen LogP contribution in [0.25, 0.3) is 16.5 Å². The van der Waals surface area contributed by atoms with Crippen molar-refractivity contribution in [1.29, 1.82) is 0 Å². The van der Waals surface area contributed by atoms with Gasteiger partial charge >= 0.3 is 0 Å². The van der Waals surface area contributed by atoms with Crippen LogP contribution in [0.2, 0.25) is 0 Å². The van der Waals surface area contributed by atoms with Gasteiger partial charge in [0.05, 0.1) is 27.8 Å². The molecule has 0 radical (unpaired) electrons. The summed E-state index contributed by atoms with van der Waals surface area (Å²) in [5, 5.41) is 24.9. The SMILES string of the molecule is C.CC1(C)C=C2C(=[N+]([O-])c3ccccc32)C(C)(C)C1.CC1(C)CC(C)(C)[C@H](Sc2ccccc2)c2c1n(O)c1ccccc21.[S-]c1ccccc1.[S-]c1ccccc1.[S-]c1ccccc1.[S-]c1ccccc1.[S-]c1ccccc1.[S-]c1ccccc1.[S-]c1ccccc1.[S-]c1ccccc1. The van der Waals surface area contributed by atoms with Gasteiger partial charge in [-0.2, -0.15) is 48.6 Å². The van der Waals surface area contributed by atoms with E-state index in [4.69, 9.17) is 101 Å². The predicted molar refractivity (Wildman–Crippen MR) is 444 cm³/mol. The highest BCUT2D eigenvalue weighted by atomic mass is 32.2. The minimum atomic E-state index is -0.0750. The number of thioether (sulfide) groups is 1. The Balaban J connectivity index is 0.000000211. The van der Waals surface area contributed by atoms with Crippen LogP contribution in [0.4, 0.5) is 5.69 Å². The van der Waals surface area contributed by atoms with Crippen LogP contribution < -0.4 is 0 Å². The van der Waals surface area contributed by atoms with Gasteiger partial charge in [0, 0.05) is 27.0 Å². The number of hydrogen-bond acceptors (Lipinski definition) is 11. The van der Waals surface area contributed by atoms with Crippen molar-refractivity contribution in [3.05, 3.63) is 350 Å². The number of allylic oxidation sites excluding steroid dienone is 2. The van der Waals surface area contributed by atoms with E-state index in [-0.39, 0.29) is 29.1 Å². The lowest BCUT2D eigenvalue weighted by Crippen LogP contribution is -2.38. The minimum Gasteiger partial charge on any atom is -0.780 e. The molecule has 0 spiro atoms. The Kier molecular flexibility index (Phi) is 34.5. The smallest absolute Gasteiger partial charge is 0.224 e. The summed E-state index contributed by atoms with van der Waals surface area (Å²) in [6.07, 6.45) is 4.31. The summed E-state index contributed by atoms with van der Waals surface area (Å²) in [4.78, 5) is 8.52. The Hall–Kier alpha value is -7.92. The molecule has 2 heterocycles. The zero-order valence-electron chi connectivity index (χ0n) is 57.1. The summed E-state index contributed by atoms with van der Waals surface area (Å²) < 4.78 is 2.58. The van der Waals surface area contributed by atoms with Gasteiger partial charge in [-0.3, -0.25) is 0 Å². The van der Waals surface area contributed by atoms with Crippen LogP contribution in [0, 0.1) is 21.5 Å². The van der Waals surface area contributed by atoms with Crippen LogP contribution in [0.15, 0.2) is 372 Å². The molecule has 13 heteroatoms. The second-order valence-electron chi connectivity index (χ2n) is 25.7. The first-order chi connectivity index (χ1) is 47.3. The number of hydrogen-bond donors (Lipinski definition) is 1. The Bertz CT molecular complexity index is 3860. The average Bonchev–Trinajstić information content (AvgIpc) is 1.55. The fourth-order valence-electron chi connectivity index (χ4n) is 11.8. The minimum absolute atomic E-state index is 0. The first-order valence-electron chi connectivity index (χ1n) is 32.3. The topological polar surface area (TPSA) is 51.2 Å². The molecule has 15 rings (SSSR count). The van der Waals surface area contributed by atoms with E-state index in [0.29, 0.717) is 5.25 Å². The van der Waals surface area contributed by atoms with E-state index < -0.39 is 0 Å². The predicted octanol–water partition coefficient (Wildman–Crippen LogP) is 23.9. The van der Waals surface area contributed by atoms with Crippen molar-refractivity contribution in [2.24, 2.45) is 16.2 Å². The van der Waals surface area contributed by atoms with Gasteiger partial charge in [-0.05, 0) is 67.3 Å². The zero-order valence-corrected chi connectivity index (χ0v) is 64.4. The first-order valence-corrected chi connectivity index (χ1v) is 36.4. The normalized spacial score (nSPS) is 14.3. The molecule has 0 amide bonds. The molecule has 1 aliphatic heterocycles. The molecule has 0 bridgehead atoms. The Morgan fingerprint density at radius 3 is 0.990 bits per heavy atom. The Morgan fingerprint density at radius 2 is 0.670 bits per heavy atom. The summed E-state index contributed by atoms with van der Waals surface area (Å²) in [5.41, 5.74) is 7.36. The van der Waals surface area contributed by atoms with E-state index in [1.165, 1.54) is 20.6 Å². The third-order valence-corrected chi connectivity index (χ3v) is 19.1. The summed E-state index contributed by atoms with van der Waals surface area (Å²) >= 11 is 40.4. The van der Waals surface area contributed by atoms with E-state index in [1.54, 1.807) is 0 Å². The Labute approximate surface area is 645 Å². The summed E-state index contributed by atoms with van der Waals surface area (Å²) in [6.45, 7) is 18.1. The number of rotatable bonds is 2. The lowest BCUT2D eigenvalue weighted by atomic mass is 9.64. The van der Waals surface area contributed by atoms with E-state index in [1.807, 2.05) is 285 Å². The second kappa shape index (κ2) is 41.7. The first kappa shape index (κ1) is 82.7. The fraction of sp³-hybridized carbons (Fsp3) is 0.184. The maximum absolute atomic E-state index is 12.5. The van der Waals surface area contributed by atoms with Crippen molar-refractivity contribution in [3.63, 3.8) is 0 Å². The largest absolute Gasteiger partial charge is 0.780 e. The molecule has 12 aromatic rings. The van der Waals surface area contributed by atoms with Crippen LogP contribution in [0.5, 0.6) is 0 Å². The average molecular weight is 1480 g/mol. The van der Waals surface area contributed by atoms with Crippen LogP contribution in [0.1, 0.15) is 97.7 Å². The molecule has 1 aromatic heterocycles. The summed E-state index contributed by atoms with van der Waals surface area (Å²) in [5.74, 6) is 0. The molecule has 100 heavy (non-hydrogen) atoms. The molecule has 0 fully saturated rings. The van der Waals surface area contributed by atoms with Crippen molar-refractivity contribution in [2.75, 3.05) is 0 Å². The van der Waals surface area contributed by atoms with Crippen molar-refractivity contribution < 1.29 is 9.95 Å². The van der Waals surface area contributed by atoms with Gasteiger partial charge in [-0.25, -0.2) is 0 Å². The lowest BCUT2D eigenvalue weighted by molar-refractivity contribution is -0.361. The summed E-state index contributed by atoms with van der Waals surface area (Å²) in [6, 6.07) is 104. The zero-order chi connectivity index (χ0) is 71.9. The molecule has 0 unspecified atom stereocenters. The molecular formula is C87H88N2O2S9-8. The van der Waals surface area contributed by atoms with Gasteiger partial charge < -0.3 is 111 Å². The number of para-hydroxylation sites is 2. The maximum Gasteiger partial charge on any atom is 0.224 e. The molecule has 0 saturated heterocycles. The monoisotopic (exact) mass is 1480 g/mol. The number of benzene rings is 11. The molecule has 2 aliphatic carbocycles. The number of fused-ring (bicyclic) bond motifs is 6.